The van der Waals surface area contributed by atoms with Crippen molar-refractivity contribution in [3.8, 4) is 0 Å². The molecule has 2 rings (SSSR count). The minimum Gasteiger partial charge on any atom is -1.00 e. The van der Waals surface area contributed by atoms with Gasteiger partial charge in [0.15, 0.2) is 0 Å². The zero-order chi connectivity index (χ0) is 17.7. The smallest absolute Gasteiger partial charge is 0.375 e. The SMILES string of the molecule is C/C(=N\OCCC[N+](C)(C)C)c1ccc(N2C(=O)N=NC2=O)cc1.[Br-]. The van der Waals surface area contributed by atoms with Crippen LogP contribution in [-0.2, 0) is 4.84 Å². The molecule has 0 atom stereocenters. The minimum atomic E-state index is -0.682. The van der Waals surface area contributed by atoms with Gasteiger partial charge in [-0.2, -0.15) is 0 Å². The Hall–Kier alpha value is -2.13. The van der Waals surface area contributed by atoms with Crippen LogP contribution in [0.5, 0.6) is 0 Å². The number of anilines is 1. The standard InChI is InChI=1S/C16H22N5O3.BrH/c1-12(19-24-11-5-10-21(2,3)4)13-6-8-14(9-7-13)20-15(22)17-18-16(20)23;/h6-9H,5,10-11H2,1-4H3;1H/q+1;/p-1/b19-12+;. The van der Waals surface area contributed by atoms with Gasteiger partial charge in [0, 0.05) is 6.42 Å². The lowest BCUT2D eigenvalue weighted by Crippen LogP contribution is -3.00. The molecular formula is C16H22BrN5O3. The average molecular weight is 412 g/mol. The number of rotatable bonds is 7. The molecule has 136 valence electrons. The quantitative estimate of drug-likeness (QED) is 0.274. The maximum atomic E-state index is 11.5. The minimum absolute atomic E-state index is 0. The van der Waals surface area contributed by atoms with Crippen LogP contribution in [0.15, 0.2) is 39.6 Å². The molecule has 0 spiro atoms. The van der Waals surface area contributed by atoms with E-state index < -0.39 is 12.1 Å². The van der Waals surface area contributed by atoms with Crippen molar-refractivity contribution in [2.24, 2.45) is 15.4 Å². The van der Waals surface area contributed by atoms with Gasteiger partial charge in [0.05, 0.1) is 39.1 Å². The second-order valence-corrected chi connectivity index (χ2v) is 6.52. The van der Waals surface area contributed by atoms with Gasteiger partial charge in [-0.15, -0.1) is 0 Å². The number of nitrogens with zero attached hydrogens (tertiary/aromatic N) is 5. The molecule has 0 bridgehead atoms. The van der Waals surface area contributed by atoms with Gasteiger partial charge in [-0.3, -0.25) is 0 Å². The number of carbonyl (C=O) groups excluding carboxylic acids is 2. The van der Waals surface area contributed by atoms with Gasteiger partial charge in [-0.1, -0.05) is 27.5 Å². The first-order valence-electron chi connectivity index (χ1n) is 7.65. The Bertz CT molecular complexity index is 662. The van der Waals surface area contributed by atoms with Crippen molar-refractivity contribution >= 4 is 23.5 Å². The van der Waals surface area contributed by atoms with Crippen LogP contribution in [0.3, 0.4) is 0 Å². The molecule has 0 aromatic heterocycles. The second kappa shape index (κ2) is 8.82. The first kappa shape index (κ1) is 20.9. The predicted octanol–water partition coefficient (Wildman–Crippen LogP) is 0.0397. The summed E-state index contributed by atoms with van der Waals surface area (Å²) in [6.45, 7) is 3.41. The highest BCUT2D eigenvalue weighted by atomic mass is 79.9. The highest BCUT2D eigenvalue weighted by molar-refractivity contribution is 6.17. The number of oxime groups is 1. The van der Waals surface area contributed by atoms with E-state index in [9.17, 15) is 9.59 Å². The van der Waals surface area contributed by atoms with Crippen LogP contribution in [0.1, 0.15) is 18.9 Å². The number of hydrogen-bond acceptors (Lipinski definition) is 4. The van der Waals surface area contributed by atoms with Crippen molar-refractivity contribution < 1.29 is 35.9 Å². The maximum Gasteiger partial charge on any atom is 0.375 e. The van der Waals surface area contributed by atoms with Gasteiger partial charge in [0.1, 0.15) is 6.61 Å². The number of carbonyl (C=O) groups is 2. The van der Waals surface area contributed by atoms with Gasteiger partial charge in [0.25, 0.3) is 0 Å². The number of amides is 4. The molecule has 4 amide bonds. The van der Waals surface area contributed by atoms with Crippen LogP contribution in [0.4, 0.5) is 15.3 Å². The maximum absolute atomic E-state index is 11.5. The molecule has 1 aromatic carbocycles. The third-order valence-corrected chi connectivity index (χ3v) is 3.41. The number of imide groups is 1. The fraction of sp³-hybridized carbons (Fsp3) is 0.438. The summed E-state index contributed by atoms with van der Waals surface area (Å²) in [5.41, 5.74) is 1.99. The van der Waals surface area contributed by atoms with Gasteiger partial charge in [-0.05, 0) is 24.6 Å². The summed E-state index contributed by atoms with van der Waals surface area (Å²) in [6.07, 6.45) is 0.922. The van der Waals surface area contributed by atoms with Crippen molar-refractivity contribution in [3.63, 3.8) is 0 Å². The Morgan fingerprint density at radius 1 is 1.12 bits per heavy atom. The molecule has 0 fully saturated rings. The third-order valence-electron chi connectivity index (χ3n) is 3.41. The fourth-order valence-electron chi connectivity index (χ4n) is 2.13. The largest absolute Gasteiger partial charge is 1.00 e. The molecule has 0 aliphatic carbocycles. The second-order valence-electron chi connectivity index (χ2n) is 6.52. The number of hydrogen-bond donors (Lipinski definition) is 0. The zero-order valence-electron chi connectivity index (χ0n) is 14.8. The number of urea groups is 2. The number of quaternary nitrogens is 1. The number of halogens is 1. The molecule has 0 saturated heterocycles. The first-order valence-corrected chi connectivity index (χ1v) is 7.65. The molecule has 1 aliphatic rings. The normalized spacial score (nSPS) is 14.7. The Balaban J connectivity index is 0.00000312. The molecule has 0 N–H and O–H groups in total. The van der Waals surface area contributed by atoms with Crippen LogP contribution in [0, 0.1) is 0 Å². The van der Waals surface area contributed by atoms with E-state index in [1.165, 1.54) is 0 Å². The van der Waals surface area contributed by atoms with E-state index >= 15 is 0 Å². The van der Waals surface area contributed by atoms with Crippen molar-refractivity contribution in [1.29, 1.82) is 0 Å². The first-order chi connectivity index (χ1) is 11.3. The summed E-state index contributed by atoms with van der Waals surface area (Å²) >= 11 is 0. The lowest BCUT2D eigenvalue weighted by atomic mass is 10.1. The predicted molar refractivity (Wildman–Crippen MR) is 90.2 cm³/mol. The molecule has 1 aliphatic heterocycles. The van der Waals surface area contributed by atoms with Gasteiger partial charge in [-0.25, -0.2) is 14.5 Å². The molecule has 0 radical (unpaired) electrons. The highest BCUT2D eigenvalue weighted by Crippen LogP contribution is 2.21. The van der Waals surface area contributed by atoms with E-state index in [0.717, 1.165) is 33.6 Å². The summed E-state index contributed by atoms with van der Waals surface area (Å²) in [5.74, 6) is 0. The molecule has 9 heteroatoms. The highest BCUT2D eigenvalue weighted by Gasteiger charge is 2.28. The fourth-order valence-corrected chi connectivity index (χ4v) is 2.13. The van der Waals surface area contributed by atoms with Crippen molar-refractivity contribution in [3.05, 3.63) is 29.8 Å². The molecule has 0 saturated carbocycles. The molecule has 1 aromatic rings. The molecular weight excluding hydrogens is 390 g/mol. The van der Waals surface area contributed by atoms with Crippen LogP contribution >= 0.6 is 0 Å². The van der Waals surface area contributed by atoms with E-state index in [1.807, 2.05) is 6.92 Å². The van der Waals surface area contributed by atoms with Gasteiger partial charge >= 0.3 is 12.1 Å². The molecule has 8 nitrogen and oxygen atoms in total. The lowest BCUT2D eigenvalue weighted by Gasteiger charge is -2.23. The Kier molecular flexibility index (Phi) is 7.38. The van der Waals surface area contributed by atoms with E-state index in [4.69, 9.17) is 4.84 Å². The summed E-state index contributed by atoms with van der Waals surface area (Å²) in [5, 5.41) is 10.5. The Morgan fingerprint density at radius 2 is 1.68 bits per heavy atom. The molecule has 1 heterocycles. The van der Waals surface area contributed by atoms with E-state index in [1.54, 1.807) is 24.3 Å². The monoisotopic (exact) mass is 411 g/mol. The summed E-state index contributed by atoms with van der Waals surface area (Å²) in [4.78, 5) is 29.2. The number of benzene rings is 1. The zero-order valence-corrected chi connectivity index (χ0v) is 16.4. The third kappa shape index (κ3) is 6.02. The molecule has 0 unspecified atom stereocenters. The van der Waals surface area contributed by atoms with Crippen molar-refractivity contribution in [2.45, 2.75) is 13.3 Å². The summed E-state index contributed by atoms with van der Waals surface area (Å²) < 4.78 is 0.889. The van der Waals surface area contributed by atoms with E-state index in [0.29, 0.717) is 12.3 Å². The van der Waals surface area contributed by atoms with Crippen molar-refractivity contribution in [2.75, 3.05) is 39.2 Å². The van der Waals surface area contributed by atoms with E-state index in [2.05, 4.69) is 36.5 Å². The van der Waals surface area contributed by atoms with Crippen LogP contribution in [-0.4, -0.2) is 56.6 Å². The van der Waals surface area contributed by atoms with Gasteiger partial charge in [0.2, 0.25) is 0 Å². The van der Waals surface area contributed by atoms with Crippen LogP contribution in [0.2, 0.25) is 0 Å². The van der Waals surface area contributed by atoms with Gasteiger partial charge < -0.3 is 26.3 Å². The van der Waals surface area contributed by atoms with E-state index in [-0.39, 0.29) is 17.0 Å². The topological polar surface area (TPSA) is 83.7 Å². The van der Waals surface area contributed by atoms with Crippen molar-refractivity contribution in [1.82, 2.24) is 0 Å². The Morgan fingerprint density at radius 3 is 2.20 bits per heavy atom. The summed E-state index contributed by atoms with van der Waals surface area (Å²) in [7, 11) is 6.39. The molecule has 25 heavy (non-hydrogen) atoms. The summed E-state index contributed by atoms with van der Waals surface area (Å²) in [6, 6.07) is 5.47. The Labute approximate surface area is 157 Å². The van der Waals surface area contributed by atoms with Crippen LogP contribution in [0.25, 0.3) is 0 Å². The lowest BCUT2D eigenvalue weighted by molar-refractivity contribution is -0.870. The average Bonchev–Trinajstić information content (AvgIpc) is 2.85. The van der Waals surface area contributed by atoms with Crippen LogP contribution < -0.4 is 21.9 Å². The number of azo groups is 1.